The van der Waals surface area contributed by atoms with Gasteiger partial charge in [0, 0.05) is 18.3 Å². The van der Waals surface area contributed by atoms with Crippen LogP contribution < -0.4 is 10.2 Å². The summed E-state index contributed by atoms with van der Waals surface area (Å²) in [5.74, 6) is -0.475. The van der Waals surface area contributed by atoms with Crippen LogP contribution in [0.1, 0.15) is 6.42 Å². The highest BCUT2D eigenvalue weighted by molar-refractivity contribution is 7.87. The Kier molecular flexibility index (Phi) is 3.77. The number of benzene rings is 1. The van der Waals surface area contributed by atoms with Gasteiger partial charge in [-0.15, -0.1) is 3.89 Å². The molecule has 0 bridgehead atoms. The van der Waals surface area contributed by atoms with E-state index in [1.54, 1.807) is 37.6 Å². The van der Waals surface area contributed by atoms with E-state index in [0.29, 0.717) is 11.0 Å². The average Bonchev–Trinajstić information content (AvgIpc) is 2.70. The molecule has 0 N–H and O–H groups in total. The Bertz CT molecular complexity index is 697. The van der Waals surface area contributed by atoms with Crippen LogP contribution in [0.15, 0.2) is 24.3 Å². The number of para-hydroxylation sites is 1. The Balaban J connectivity index is 2.44. The fourth-order valence-corrected chi connectivity index (χ4v) is 4.10. The van der Waals surface area contributed by atoms with E-state index in [9.17, 15) is 21.7 Å². The van der Waals surface area contributed by atoms with Crippen molar-refractivity contribution in [1.82, 2.24) is 0 Å². The minimum atomic E-state index is -4.76. The molecule has 0 aromatic heterocycles. The normalized spacial score (nSPS) is 20.4. The maximum absolute atomic E-state index is 13.0. The zero-order valence-electron chi connectivity index (χ0n) is 11.1. The zero-order valence-corrected chi connectivity index (χ0v) is 12.8. The van der Waals surface area contributed by atoms with E-state index in [1.807, 2.05) is 0 Å². The van der Waals surface area contributed by atoms with E-state index >= 15 is 0 Å². The van der Waals surface area contributed by atoms with Crippen molar-refractivity contribution in [1.29, 1.82) is 0 Å². The number of carbonyl (C=O) groups excluding carboxylic acids is 1. The monoisotopic (exact) mass is 319 g/mol. The van der Waals surface area contributed by atoms with Crippen LogP contribution in [0.3, 0.4) is 0 Å². The van der Waals surface area contributed by atoms with Gasteiger partial charge in [0.05, 0.1) is 5.69 Å². The molecule has 1 amide bonds. The second kappa shape index (κ2) is 4.97. The smallest absolute Gasteiger partial charge is 0.307 e. The Labute approximate surface area is 117 Å². The van der Waals surface area contributed by atoms with Crippen molar-refractivity contribution in [3.05, 3.63) is 24.3 Å². The molecule has 1 aromatic rings. The van der Waals surface area contributed by atoms with Crippen LogP contribution in [0.2, 0.25) is 0 Å². The van der Waals surface area contributed by atoms with E-state index in [0.717, 1.165) is 0 Å². The highest BCUT2D eigenvalue weighted by Crippen LogP contribution is 2.39. The topological polar surface area (TPSA) is 71.5 Å². The molecule has 0 spiro atoms. The van der Waals surface area contributed by atoms with Crippen molar-refractivity contribution in [2.45, 2.75) is 11.7 Å². The number of anilines is 1. The molecule has 1 aromatic carbocycles. The zero-order chi connectivity index (χ0) is 15.1. The first-order valence-corrected chi connectivity index (χ1v) is 10.0. The fraction of sp³-hybridized carbons (Fsp3) is 0.417. The van der Waals surface area contributed by atoms with Gasteiger partial charge in [0.1, 0.15) is 12.4 Å². The SMILES string of the molecule is CP(C)(=O)c1ccccc1N1CC(S(=O)(=O)F)CC1=O. The third-order valence-electron chi connectivity index (χ3n) is 3.24. The molecule has 2 rings (SSSR count). The minimum absolute atomic E-state index is 0.241. The van der Waals surface area contributed by atoms with Crippen molar-refractivity contribution < 1.29 is 21.7 Å². The number of amides is 1. The van der Waals surface area contributed by atoms with Gasteiger partial charge in [-0.3, -0.25) is 4.79 Å². The summed E-state index contributed by atoms with van der Waals surface area (Å²) in [5, 5.41) is -0.860. The molecule has 0 radical (unpaired) electrons. The van der Waals surface area contributed by atoms with Crippen LogP contribution in [-0.2, 0) is 19.6 Å². The molecule has 5 nitrogen and oxygen atoms in total. The maximum Gasteiger partial charge on any atom is 0.307 e. The van der Waals surface area contributed by atoms with Gasteiger partial charge < -0.3 is 9.46 Å². The predicted octanol–water partition coefficient (Wildman–Crippen LogP) is 1.34. The first-order chi connectivity index (χ1) is 9.10. The minimum Gasteiger partial charge on any atom is -0.319 e. The summed E-state index contributed by atoms with van der Waals surface area (Å²) >= 11 is 0. The second-order valence-electron chi connectivity index (χ2n) is 5.15. The van der Waals surface area contributed by atoms with Crippen molar-refractivity contribution in [2.75, 3.05) is 24.8 Å². The molecule has 1 fully saturated rings. The van der Waals surface area contributed by atoms with E-state index in [4.69, 9.17) is 0 Å². The highest BCUT2D eigenvalue weighted by atomic mass is 32.3. The van der Waals surface area contributed by atoms with Gasteiger partial charge in [-0.2, -0.15) is 8.42 Å². The Morgan fingerprint density at radius 3 is 2.40 bits per heavy atom. The molecule has 110 valence electrons. The summed E-state index contributed by atoms with van der Waals surface area (Å²) in [6, 6.07) is 6.60. The molecule has 1 atom stereocenters. The molecule has 0 saturated carbocycles. The molecule has 8 heteroatoms. The van der Waals surface area contributed by atoms with Crippen molar-refractivity contribution in [3.63, 3.8) is 0 Å². The Morgan fingerprint density at radius 2 is 1.90 bits per heavy atom. The third kappa shape index (κ3) is 2.94. The lowest BCUT2D eigenvalue weighted by Crippen LogP contribution is -2.30. The van der Waals surface area contributed by atoms with Gasteiger partial charge in [0.2, 0.25) is 5.91 Å². The summed E-state index contributed by atoms with van der Waals surface area (Å²) in [7, 11) is -7.39. The van der Waals surface area contributed by atoms with Gasteiger partial charge >= 0.3 is 10.2 Å². The molecule has 20 heavy (non-hydrogen) atoms. The number of hydrogen-bond acceptors (Lipinski definition) is 4. The predicted molar refractivity (Wildman–Crippen MR) is 76.3 cm³/mol. The quantitative estimate of drug-likeness (QED) is 0.622. The van der Waals surface area contributed by atoms with Gasteiger partial charge in [0.25, 0.3) is 0 Å². The molecule has 1 heterocycles. The summed E-state index contributed by atoms with van der Waals surface area (Å²) in [4.78, 5) is 13.1. The largest absolute Gasteiger partial charge is 0.319 e. The van der Waals surface area contributed by atoms with Crippen molar-refractivity contribution >= 4 is 34.3 Å². The van der Waals surface area contributed by atoms with Crippen LogP contribution >= 0.6 is 7.14 Å². The lowest BCUT2D eigenvalue weighted by Gasteiger charge is -2.21. The molecule has 1 saturated heterocycles. The van der Waals surface area contributed by atoms with Crippen LogP contribution in [0, 0.1) is 0 Å². The van der Waals surface area contributed by atoms with Crippen molar-refractivity contribution in [2.24, 2.45) is 0 Å². The van der Waals surface area contributed by atoms with Crippen LogP contribution in [0.5, 0.6) is 0 Å². The first kappa shape index (κ1) is 15.2. The first-order valence-electron chi connectivity index (χ1n) is 5.99. The molecule has 0 aliphatic carbocycles. The Morgan fingerprint density at radius 1 is 1.30 bits per heavy atom. The summed E-state index contributed by atoms with van der Waals surface area (Å²) in [6.45, 7) is 2.89. The van der Waals surface area contributed by atoms with Crippen molar-refractivity contribution in [3.8, 4) is 0 Å². The number of halogens is 1. The standard InChI is InChI=1S/C12H15FNO4PS/c1-19(2,16)11-6-4-3-5-10(11)14-8-9(7-12(14)15)20(13,17)18/h3-6,9H,7-8H2,1-2H3. The summed E-state index contributed by atoms with van der Waals surface area (Å²) in [5.41, 5.74) is 0.400. The van der Waals surface area contributed by atoms with E-state index < -0.39 is 28.5 Å². The number of carbonyl (C=O) groups is 1. The van der Waals surface area contributed by atoms with E-state index in [-0.39, 0.29) is 13.0 Å². The fourth-order valence-electron chi connectivity index (χ4n) is 2.24. The van der Waals surface area contributed by atoms with Gasteiger partial charge in [-0.25, -0.2) is 0 Å². The summed E-state index contributed by atoms with van der Waals surface area (Å²) < 4.78 is 47.2. The van der Waals surface area contributed by atoms with Crippen LogP contribution in [-0.4, -0.2) is 39.4 Å². The molecular weight excluding hydrogens is 304 g/mol. The van der Waals surface area contributed by atoms with Crippen LogP contribution in [0.4, 0.5) is 9.57 Å². The number of rotatable bonds is 3. The van der Waals surface area contributed by atoms with Gasteiger partial charge in [-0.1, -0.05) is 12.1 Å². The highest BCUT2D eigenvalue weighted by Gasteiger charge is 2.40. The molecular formula is C12H15FNO4PS. The number of hydrogen-bond donors (Lipinski definition) is 0. The molecule has 1 aliphatic heterocycles. The summed E-state index contributed by atoms with van der Waals surface area (Å²) in [6.07, 6.45) is -0.384. The number of nitrogens with zero attached hydrogens (tertiary/aromatic N) is 1. The van der Waals surface area contributed by atoms with Gasteiger partial charge in [0.15, 0.2) is 0 Å². The average molecular weight is 319 g/mol. The third-order valence-corrected chi connectivity index (χ3v) is 5.89. The molecule has 1 unspecified atom stereocenters. The lowest BCUT2D eigenvalue weighted by molar-refractivity contribution is -0.117. The van der Waals surface area contributed by atoms with E-state index in [2.05, 4.69) is 0 Å². The lowest BCUT2D eigenvalue weighted by atomic mass is 10.3. The second-order valence-corrected chi connectivity index (χ2v) is 9.95. The van der Waals surface area contributed by atoms with Crippen LogP contribution in [0.25, 0.3) is 0 Å². The van der Waals surface area contributed by atoms with E-state index in [1.165, 1.54) is 4.90 Å². The Hall–Kier alpha value is -1.20. The maximum atomic E-state index is 13.0. The molecule has 1 aliphatic rings. The van der Waals surface area contributed by atoms with Gasteiger partial charge in [-0.05, 0) is 25.5 Å².